The zero-order valence-corrected chi connectivity index (χ0v) is 49.4. The number of ether oxygens (including phenoxy) is 3. The van der Waals surface area contributed by atoms with E-state index < -0.39 is 6.10 Å². The Balaban J connectivity index is 4.13. The Bertz CT molecular complexity index is 1330. The molecule has 0 aliphatic carbocycles. The molecule has 1 atom stereocenters. The maximum absolute atomic E-state index is 12.9. The molecule has 0 aromatic carbocycles. The highest BCUT2D eigenvalue weighted by Gasteiger charge is 2.19. The third-order valence-corrected chi connectivity index (χ3v) is 14.2. The molecule has 0 aromatic rings. The van der Waals surface area contributed by atoms with Gasteiger partial charge < -0.3 is 14.2 Å². The molecule has 0 aromatic heterocycles. The smallest absolute Gasteiger partial charge is 0.306 e. The topological polar surface area (TPSA) is 78.9 Å². The lowest BCUT2D eigenvalue weighted by molar-refractivity contribution is -0.167. The van der Waals surface area contributed by atoms with Gasteiger partial charge in [0, 0.05) is 19.3 Å². The number of unbranched alkanes of at least 4 members (excludes halogenated alkanes) is 38. The van der Waals surface area contributed by atoms with Gasteiger partial charge in [0.2, 0.25) is 0 Å². The molecule has 430 valence electrons. The van der Waals surface area contributed by atoms with Crippen molar-refractivity contribution in [3.63, 3.8) is 0 Å². The summed E-state index contributed by atoms with van der Waals surface area (Å²) in [6.07, 6.45) is 79.7. The fourth-order valence-corrected chi connectivity index (χ4v) is 9.40. The molecular weight excluding hydrogens is 913 g/mol. The van der Waals surface area contributed by atoms with Gasteiger partial charge in [-0.2, -0.15) is 0 Å². The van der Waals surface area contributed by atoms with E-state index in [4.69, 9.17) is 14.2 Å². The van der Waals surface area contributed by atoms with Gasteiger partial charge in [-0.1, -0.05) is 281 Å². The van der Waals surface area contributed by atoms with Gasteiger partial charge in [0.25, 0.3) is 0 Å². The summed E-state index contributed by atoms with van der Waals surface area (Å²) in [7, 11) is 0. The van der Waals surface area contributed by atoms with Gasteiger partial charge in [-0.05, 0) is 96.3 Å². The molecule has 0 radical (unpaired) electrons. The van der Waals surface area contributed by atoms with Crippen LogP contribution in [0.1, 0.15) is 335 Å². The predicted molar refractivity (Wildman–Crippen MR) is 321 cm³/mol. The van der Waals surface area contributed by atoms with E-state index in [2.05, 4.69) is 81.5 Å². The van der Waals surface area contributed by atoms with Crippen molar-refractivity contribution in [2.24, 2.45) is 0 Å². The van der Waals surface area contributed by atoms with Crippen molar-refractivity contribution < 1.29 is 28.6 Å². The summed E-state index contributed by atoms with van der Waals surface area (Å²) in [4.78, 5) is 38.2. The minimum atomic E-state index is -0.782. The van der Waals surface area contributed by atoms with E-state index in [0.717, 1.165) is 96.3 Å². The van der Waals surface area contributed by atoms with E-state index in [1.54, 1.807) is 0 Å². The Hall–Kier alpha value is -2.89. The number of rotatable bonds is 59. The second-order valence-corrected chi connectivity index (χ2v) is 21.6. The van der Waals surface area contributed by atoms with Crippen LogP contribution < -0.4 is 0 Å². The van der Waals surface area contributed by atoms with Gasteiger partial charge in [-0.25, -0.2) is 0 Å². The average Bonchev–Trinajstić information content (AvgIpc) is 3.40. The summed E-state index contributed by atoms with van der Waals surface area (Å²) in [5, 5.41) is 0. The Morgan fingerprint density at radius 1 is 0.284 bits per heavy atom. The first-order valence-electron chi connectivity index (χ1n) is 32.3. The van der Waals surface area contributed by atoms with Gasteiger partial charge in [-0.15, -0.1) is 0 Å². The Morgan fingerprint density at radius 3 is 0.892 bits per heavy atom. The predicted octanol–water partition coefficient (Wildman–Crippen LogP) is 21.9. The summed E-state index contributed by atoms with van der Waals surface area (Å²) >= 11 is 0. The SMILES string of the molecule is CC/C=C\C/C=C\C/C=C\CCCCCCCCCC(=O)OC(COC(=O)CCCCCCC/C=C\CCC)COC(=O)CCCCCCCCCCCCCCCCCCC/C=C\CCCCCCCCCC. The standard InChI is InChI=1S/C68H122O6/c1-4-7-10-13-16-19-22-24-26-28-29-30-31-32-33-34-35-36-37-38-39-41-42-44-46-49-52-55-58-61-67(70)73-64-65(63-72-66(69)60-57-54-51-48-21-18-15-12-9-6-3)74-68(71)62-59-56-53-50-47-45-43-40-27-25-23-20-17-14-11-8-5-2/h8,11-12,15,17,20,25,27-29,65H,4-7,9-10,13-14,16,18-19,21-24,26,30-64H2,1-3H3/b11-8-,15-12-,20-17-,27-25-,29-28-. The number of carbonyl (C=O) groups is 3. The van der Waals surface area contributed by atoms with E-state index in [9.17, 15) is 14.4 Å². The van der Waals surface area contributed by atoms with Gasteiger partial charge in [-0.3, -0.25) is 14.4 Å². The normalized spacial score (nSPS) is 12.4. The Morgan fingerprint density at radius 2 is 0.554 bits per heavy atom. The molecule has 0 rings (SSSR count). The summed E-state index contributed by atoms with van der Waals surface area (Å²) in [5.74, 6) is -0.885. The van der Waals surface area contributed by atoms with Crippen LogP contribution in [0.5, 0.6) is 0 Å². The quantitative estimate of drug-likeness (QED) is 0.0261. The summed E-state index contributed by atoms with van der Waals surface area (Å²) < 4.78 is 16.9. The first kappa shape index (κ1) is 71.1. The first-order valence-corrected chi connectivity index (χ1v) is 32.3. The maximum atomic E-state index is 12.9. The first-order chi connectivity index (χ1) is 36.5. The van der Waals surface area contributed by atoms with E-state index >= 15 is 0 Å². The van der Waals surface area contributed by atoms with E-state index in [0.29, 0.717) is 19.3 Å². The highest BCUT2D eigenvalue weighted by Crippen LogP contribution is 2.17. The number of carbonyl (C=O) groups excluding carboxylic acids is 3. The fourth-order valence-electron chi connectivity index (χ4n) is 9.40. The van der Waals surface area contributed by atoms with Crippen LogP contribution in [-0.4, -0.2) is 37.2 Å². The molecule has 0 N–H and O–H groups in total. The van der Waals surface area contributed by atoms with Crippen LogP contribution in [0.2, 0.25) is 0 Å². The Labute approximate surface area is 460 Å². The van der Waals surface area contributed by atoms with Gasteiger partial charge in [0.15, 0.2) is 6.10 Å². The second-order valence-electron chi connectivity index (χ2n) is 21.6. The van der Waals surface area contributed by atoms with Crippen molar-refractivity contribution in [2.75, 3.05) is 13.2 Å². The van der Waals surface area contributed by atoms with Crippen molar-refractivity contribution in [2.45, 2.75) is 341 Å². The Kier molecular flexibility index (Phi) is 60.2. The van der Waals surface area contributed by atoms with Gasteiger partial charge >= 0.3 is 17.9 Å². The molecule has 0 saturated heterocycles. The highest BCUT2D eigenvalue weighted by atomic mass is 16.6. The highest BCUT2D eigenvalue weighted by molar-refractivity contribution is 5.71. The molecule has 6 nitrogen and oxygen atoms in total. The molecule has 0 aliphatic rings. The molecule has 6 heteroatoms. The van der Waals surface area contributed by atoms with Crippen molar-refractivity contribution in [1.82, 2.24) is 0 Å². The van der Waals surface area contributed by atoms with Crippen LogP contribution in [0.4, 0.5) is 0 Å². The lowest BCUT2D eigenvalue weighted by Crippen LogP contribution is -2.30. The molecule has 0 saturated carbocycles. The van der Waals surface area contributed by atoms with Crippen molar-refractivity contribution in [3.05, 3.63) is 60.8 Å². The minimum Gasteiger partial charge on any atom is -0.462 e. The van der Waals surface area contributed by atoms with Crippen molar-refractivity contribution in [1.29, 1.82) is 0 Å². The third-order valence-electron chi connectivity index (χ3n) is 14.2. The fraction of sp³-hybridized carbons (Fsp3) is 0.809. The summed E-state index contributed by atoms with van der Waals surface area (Å²) in [6, 6.07) is 0. The monoisotopic (exact) mass is 1030 g/mol. The molecule has 0 heterocycles. The lowest BCUT2D eigenvalue weighted by Gasteiger charge is -2.18. The molecule has 74 heavy (non-hydrogen) atoms. The van der Waals surface area contributed by atoms with Crippen LogP contribution in [-0.2, 0) is 28.6 Å². The average molecular weight is 1040 g/mol. The number of hydrogen-bond acceptors (Lipinski definition) is 6. The molecule has 0 spiro atoms. The largest absolute Gasteiger partial charge is 0.462 e. The third kappa shape index (κ3) is 60.0. The second kappa shape index (κ2) is 62.6. The van der Waals surface area contributed by atoms with Crippen LogP contribution in [0.15, 0.2) is 60.8 Å². The van der Waals surface area contributed by atoms with Gasteiger partial charge in [0.05, 0.1) is 0 Å². The van der Waals surface area contributed by atoms with Crippen LogP contribution in [0, 0.1) is 0 Å². The van der Waals surface area contributed by atoms with E-state index in [1.807, 2.05) is 0 Å². The zero-order valence-electron chi connectivity index (χ0n) is 49.4. The minimum absolute atomic E-state index is 0.0785. The maximum Gasteiger partial charge on any atom is 0.306 e. The lowest BCUT2D eigenvalue weighted by atomic mass is 10.0. The molecule has 0 fully saturated rings. The number of allylic oxidation sites excluding steroid dienone is 10. The molecular formula is C68H122O6. The van der Waals surface area contributed by atoms with Crippen LogP contribution >= 0.6 is 0 Å². The van der Waals surface area contributed by atoms with Crippen molar-refractivity contribution >= 4 is 17.9 Å². The van der Waals surface area contributed by atoms with Crippen LogP contribution in [0.3, 0.4) is 0 Å². The summed E-state index contributed by atoms with van der Waals surface area (Å²) in [5.41, 5.74) is 0. The molecule has 0 amide bonds. The molecule has 1 unspecified atom stereocenters. The number of esters is 3. The molecule has 0 aliphatic heterocycles. The zero-order chi connectivity index (χ0) is 53.6. The van der Waals surface area contributed by atoms with E-state index in [-0.39, 0.29) is 31.1 Å². The van der Waals surface area contributed by atoms with E-state index in [1.165, 1.54) is 199 Å². The van der Waals surface area contributed by atoms with Crippen molar-refractivity contribution in [3.8, 4) is 0 Å². The van der Waals surface area contributed by atoms with Crippen LogP contribution in [0.25, 0.3) is 0 Å². The summed E-state index contributed by atoms with van der Waals surface area (Å²) in [6.45, 7) is 6.49. The van der Waals surface area contributed by atoms with Gasteiger partial charge in [0.1, 0.15) is 13.2 Å². The molecule has 0 bridgehead atoms. The number of hydrogen-bond donors (Lipinski definition) is 0.